The first-order chi connectivity index (χ1) is 13.3. The van der Waals surface area contributed by atoms with Gasteiger partial charge in [-0.1, -0.05) is 12.1 Å². The summed E-state index contributed by atoms with van der Waals surface area (Å²) in [5.41, 5.74) is 5.80. The molecule has 0 aliphatic rings. The van der Waals surface area contributed by atoms with Crippen LogP contribution in [-0.2, 0) is 0 Å². The predicted molar refractivity (Wildman–Crippen MR) is 106 cm³/mol. The summed E-state index contributed by atoms with van der Waals surface area (Å²) in [7, 11) is 0. The number of anilines is 1. The molecule has 1 N–H and O–H groups in total. The normalized spacial score (nSPS) is 11.1. The smallest absolute Gasteiger partial charge is 0.255 e. The van der Waals surface area contributed by atoms with E-state index in [-0.39, 0.29) is 5.91 Å². The van der Waals surface area contributed by atoms with Crippen LogP contribution in [0.5, 0.6) is 0 Å². The zero-order valence-electron chi connectivity index (χ0n) is 14.0. The third-order valence-corrected chi connectivity index (χ3v) is 5.09. The molecule has 0 aliphatic carbocycles. The quantitative estimate of drug-likeness (QED) is 0.514. The van der Waals surface area contributed by atoms with Crippen LogP contribution in [-0.4, -0.2) is 25.4 Å². The number of carbonyl (C=O) groups excluding carboxylic acids is 1. The Hall–Kier alpha value is -3.58. The molecule has 6 nitrogen and oxygen atoms in total. The number of hydrogen-bond acceptors (Lipinski definition) is 5. The minimum absolute atomic E-state index is 0.173. The van der Waals surface area contributed by atoms with E-state index in [4.69, 9.17) is 0 Å². The van der Waals surface area contributed by atoms with Crippen LogP contribution in [0.15, 0.2) is 72.6 Å². The largest absolute Gasteiger partial charge is 0.321 e. The van der Waals surface area contributed by atoms with Crippen molar-refractivity contribution < 1.29 is 4.79 Å². The summed E-state index contributed by atoms with van der Waals surface area (Å²) in [6.45, 7) is 0. The average Bonchev–Trinajstić information content (AvgIpc) is 3.35. The molecule has 27 heavy (non-hydrogen) atoms. The number of para-hydroxylation sites is 2. The highest BCUT2D eigenvalue weighted by Gasteiger charge is 2.09. The van der Waals surface area contributed by atoms with Crippen molar-refractivity contribution in [2.45, 2.75) is 0 Å². The zero-order chi connectivity index (χ0) is 18.2. The number of rotatable bonds is 3. The number of aromatic nitrogens is 4. The number of nitrogens with zero attached hydrogens (tertiary/aromatic N) is 4. The summed E-state index contributed by atoms with van der Waals surface area (Å²) in [6.07, 6.45) is 3.39. The Morgan fingerprint density at radius 3 is 2.78 bits per heavy atom. The van der Waals surface area contributed by atoms with E-state index in [1.807, 2.05) is 53.1 Å². The highest BCUT2D eigenvalue weighted by molar-refractivity contribution is 7.16. The lowest BCUT2D eigenvalue weighted by Gasteiger charge is -2.07. The number of carbonyl (C=O) groups is 1. The second kappa shape index (κ2) is 6.30. The Bertz CT molecular complexity index is 1270. The lowest BCUT2D eigenvalue weighted by atomic mass is 10.2. The summed E-state index contributed by atoms with van der Waals surface area (Å²) < 4.78 is 2.90. The third kappa shape index (κ3) is 2.84. The Balaban J connectivity index is 1.39. The summed E-state index contributed by atoms with van der Waals surface area (Å²) >= 11 is 1.51. The molecule has 3 heterocycles. The Kier molecular flexibility index (Phi) is 3.65. The minimum atomic E-state index is -0.173. The van der Waals surface area contributed by atoms with Crippen molar-refractivity contribution in [1.82, 2.24) is 19.5 Å². The molecule has 0 saturated carbocycles. The molecular weight excluding hydrogens is 358 g/mol. The van der Waals surface area contributed by atoms with Crippen LogP contribution in [0.3, 0.4) is 0 Å². The van der Waals surface area contributed by atoms with E-state index in [9.17, 15) is 4.79 Å². The molecule has 0 fully saturated rings. The van der Waals surface area contributed by atoms with Gasteiger partial charge >= 0.3 is 0 Å². The van der Waals surface area contributed by atoms with Gasteiger partial charge in [-0.3, -0.25) is 9.36 Å². The van der Waals surface area contributed by atoms with Crippen LogP contribution in [0, 0.1) is 0 Å². The lowest BCUT2D eigenvalue weighted by Crippen LogP contribution is -2.12. The highest BCUT2D eigenvalue weighted by atomic mass is 32.1. The van der Waals surface area contributed by atoms with Crippen molar-refractivity contribution in [3.05, 3.63) is 78.2 Å². The van der Waals surface area contributed by atoms with E-state index < -0.39 is 0 Å². The van der Waals surface area contributed by atoms with Gasteiger partial charge in [0.2, 0.25) is 0 Å². The number of imidazole rings is 1. The first-order valence-electron chi connectivity index (χ1n) is 8.31. The fourth-order valence-corrected chi connectivity index (χ4v) is 3.66. The number of hydrogen-bond donors (Lipinski definition) is 1. The van der Waals surface area contributed by atoms with E-state index in [2.05, 4.69) is 20.3 Å². The molecule has 0 unspecified atom stereocenters. The van der Waals surface area contributed by atoms with E-state index in [0.717, 1.165) is 27.1 Å². The van der Waals surface area contributed by atoms with Gasteiger partial charge < -0.3 is 5.32 Å². The van der Waals surface area contributed by atoms with E-state index >= 15 is 0 Å². The molecule has 0 bridgehead atoms. The molecular formula is C20H13N5OS. The summed E-state index contributed by atoms with van der Waals surface area (Å²) in [6, 6.07) is 17.0. The number of benzene rings is 2. The highest BCUT2D eigenvalue weighted by Crippen LogP contribution is 2.21. The molecule has 5 rings (SSSR count). The van der Waals surface area contributed by atoms with Crippen molar-refractivity contribution >= 4 is 44.2 Å². The van der Waals surface area contributed by atoms with Crippen LogP contribution < -0.4 is 5.32 Å². The van der Waals surface area contributed by atoms with Crippen molar-refractivity contribution in [3.8, 4) is 5.82 Å². The van der Waals surface area contributed by atoms with Gasteiger partial charge in [-0.05, 0) is 42.5 Å². The minimum Gasteiger partial charge on any atom is -0.321 e. The van der Waals surface area contributed by atoms with Gasteiger partial charge in [0.25, 0.3) is 5.91 Å². The molecule has 0 aliphatic heterocycles. The molecule has 0 atom stereocenters. The van der Waals surface area contributed by atoms with Gasteiger partial charge in [0, 0.05) is 5.56 Å². The second-order valence-corrected chi connectivity index (χ2v) is 6.88. The number of nitrogens with one attached hydrogen (secondary N) is 1. The van der Waals surface area contributed by atoms with Gasteiger partial charge in [-0.25, -0.2) is 15.0 Å². The molecule has 7 heteroatoms. The topological polar surface area (TPSA) is 72.7 Å². The maximum Gasteiger partial charge on any atom is 0.255 e. The molecule has 1 amide bonds. The van der Waals surface area contributed by atoms with Crippen molar-refractivity contribution in [2.24, 2.45) is 0 Å². The van der Waals surface area contributed by atoms with Crippen LogP contribution in [0.4, 0.5) is 5.69 Å². The summed E-state index contributed by atoms with van der Waals surface area (Å²) in [5.74, 6) is 0.570. The fraction of sp³-hybridized carbons (Fsp3) is 0. The van der Waals surface area contributed by atoms with Gasteiger partial charge in [-0.15, -0.1) is 11.3 Å². The van der Waals surface area contributed by atoms with E-state index in [1.165, 1.54) is 11.3 Å². The van der Waals surface area contributed by atoms with E-state index in [1.54, 1.807) is 24.1 Å². The van der Waals surface area contributed by atoms with Crippen LogP contribution in [0.25, 0.3) is 27.1 Å². The Morgan fingerprint density at radius 2 is 1.89 bits per heavy atom. The molecule has 130 valence electrons. The van der Waals surface area contributed by atoms with Crippen molar-refractivity contribution in [1.29, 1.82) is 0 Å². The van der Waals surface area contributed by atoms with Gasteiger partial charge in [0.15, 0.2) is 0 Å². The van der Waals surface area contributed by atoms with Gasteiger partial charge in [-0.2, -0.15) is 0 Å². The number of amides is 1. The number of thiazole rings is 1. The molecule has 0 spiro atoms. The Labute approximate surface area is 158 Å². The maximum atomic E-state index is 12.5. The molecule has 2 aromatic carbocycles. The Morgan fingerprint density at radius 1 is 0.963 bits per heavy atom. The van der Waals surface area contributed by atoms with Crippen LogP contribution >= 0.6 is 11.3 Å². The standard InChI is InChI=1S/C20H13N5OS/c26-20(13-5-7-16-18(9-13)27-12-23-16)24-14-6-8-19(21-10-14)25-11-22-15-3-1-2-4-17(15)25/h1-12H,(H,24,26). The molecule has 5 aromatic rings. The summed E-state index contributed by atoms with van der Waals surface area (Å²) in [5, 5.41) is 2.88. The first-order valence-corrected chi connectivity index (χ1v) is 9.19. The van der Waals surface area contributed by atoms with E-state index in [0.29, 0.717) is 11.3 Å². The summed E-state index contributed by atoms with van der Waals surface area (Å²) in [4.78, 5) is 25.6. The van der Waals surface area contributed by atoms with Gasteiger partial charge in [0.1, 0.15) is 12.1 Å². The first kappa shape index (κ1) is 15.7. The monoisotopic (exact) mass is 371 g/mol. The predicted octanol–water partition coefficient (Wildman–Crippen LogP) is 4.28. The zero-order valence-corrected chi connectivity index (χ0v) is 14.9. The average molecular weight is 371 g/mol. The van der Waals surface area contributed by atoms with Crippen LogP contribution in [0.1, 0.15) is 10.4 Å². The molecule has 0 radical (unpaired) electrons. The molecule has 0 saturated heterocycles. The maximum absolute atomic E-state index is 12.5. The van der Waals surface area contributed by atoms with Gasteiger partial charge in [0.05, 0.1) is 38.6 Å². The number of fused-ring (bicyclic) bond motifs is 2. The number of pyridine rings is 1. The fourth-order valence-electron chi connectivity index (χ4n) is 2.94. The lowest BCUT2D eigenvalue weighted by molar-refractivity contribution is 0.102. The molecule has 3 aromatic heterocycles. The van der Waals surface area contributed by atoms with Crippen molar-refractivity contribution in [2.75, 3.05) is 5.32 Å². The van der Waals surface area contributed by atoms with Crippen LogP contribution in [0.2, 0.25) is 0 Å². The van der Waals surface area contributed by atoms with Crippen molar-refractivity contribution in [3.63, 3.8) is 0 Å². The second-order valence-electron chi connectivity index (χ2n) is 6.00. The third-order valence-electron chi connectivity index (χ3n) is 4.30. The SMILES string of the molecule is O=C(Nc1ccc(-n2cnc3ccccc32)nc1)c1ccc2ncsc2c1.